The van der Waals surface area contributed by atoms with Gasteiger partial charge in [0.25, 0.3) is 0 Å². The van der Waals surface area contributed by atoms with Gasteiger partial charge in [0.1, 0.15) is 0 Å². The first-order valence-corrected chi connectivity index (χ1v) is 5.63. The fraction of sp³-hybridized carbons (Fsp3) is 0.727. The molecule has 0 aliphatic rings. The van der Waals surface area contributed by atoms with E-state index in [0.717, 1.165) is 12.8 Å². The Morgan fingerprint density at radius 3 is 2.00 bits per heavy atom. The largest absolute Gasteiger partial charge is 0.467 e. The monoisotopic (exact) mass is 240 g/mol. The van der Waals surface area contributed by atoms with Gasteiger partial charge < -0.3 is 14.8 Å². The molecule has 0 aliphatic carbocycles. The smallest absolute Gasteiger partial charge is 0.324 e. The van der Waals surface area contributed by atoms with E-state index in [0.29, 0.717) is 5.95 Å². The number of methoxy groups -OCH3 is 2. The van der Waals surface area contributed by atoms with Crippen molar-refractivity contribution in [3.63, 3.8) is 0 Å². The number of rotatable bonds is 6. The molecule has 96 valence electrons. The van der Waals surface area contributed by atoms with Gasteiger partial charge >= 0.3 is 12.0 Å². The fourth-order valence-corrected chi connectivity index (χ4v) is 1.57. The average Bonchev–Trinajstić information content (AvgIpc) is 2.27. The molecular weight excluding hydrogens is 220 g/mol. The van der Waals surface area contributed by atoms with Gasteiger partial charge in [-0.3, -0.25) is 0 Å². The summed E-state index contributed by atoms with van der Waals surface area (Å²) in [7, 11) is 3.02. The SMILES string of the molecule is CCCC(C)(C)Nc1nc(OC)nc(OC)n1. The topological polar surface area (TPSA) is 69.2 Å². The van der Waals surface area contributed by atoms with Crippen molar-refractivity contribution in [2.75, 3.05) is 19.5 Å². The Morgan fingerprint density at radius 2 is 1.59 bits per heavy atom. The predicted molar refractivity (Wildman–Crippen MR) is 65.5 cm³/mol. The number of hydrogen-bond donors (Lipinski definition) is 1. The van der Waals surface area contributed by atoms with Crippen molar-refractivity contribution < 1.29 is 9.47 Å². The minimum Gasteiger partial charge on any atom is -0.467 e. The van der Waals surface area contributed by atoms with E-state index in [1.807, 2.05) is 0 Å². The van der Waals surface area contributed by atoms with Gasteiger partial charge in [-0.25, -0.2) is 0 Å². The fourth-order valence-electron chi connectivity index (χ4n) is 1.57. The van der Waals surface area contributed by atoms with E-state index in [-0.39, 0.29) is 17.6 Å². The Balaban J connectivity index is 2.89. The van der Waals surface area contributed by atoms with Crippen LogP contribution in [0.25, 0.3) is 0 Å². The molecule has 0 amide bonds. The second-order valence-corrected chi connectivity index (χ2v) is 4.39. The van der Waals surface area contributed by atoms with Crippen LogP contribution in [0.4, 0.5) is 5.95 Å². The van der Waals surface area contributed by atoms with Crippen LogP contribution in [0, 0.1) is 0 Å². The minimum atomic E-state index is -0.0773. The summed E-state index contributed by atoms with van der Waals surface area (Å²) >= 11 is 0. The molecular formula is C11H20N4O2. The maximum Gasteiger partial charge on any atom is 0.324 e. The number of ether oxygens (including phenoxy) is 2. The Bertz CT molecular complexity index is 346. The highest BCUT2D eigenvalue weighted by atomic mass is 16.5. The van der Waals surface area contributed by atoms with Gasteiger partial charge in [0.15, 0.2) is 0 Å². The van der Waals surface area contributed by atoms with E-state index >= 15 is 0 Å². The van der Waals surface area contributed by atoms with Crippen LogP contribution in [-0.4, -0.2) is 34.7 Å². The van der Waals surface area contributed by atoms with E-state index in [4.69, 9.17) is 9.47 Å². The highest BCUT2D eigenvalue weighted by molar-refractivity contribution is 5.30. The highest BCUT2D eigenvalue weighted by Crippen LogP contribution is 2.19. The number of anilines is 1. The minimum absolute atomic E-state index is 0.0773. The predicted octanol–water partition coefficient (Wildman–Crippen LogP) is 1.88. The van der Waals surface area contributed by atoms with Crippen LogP contribution in [-0.2, 0) is 0 Å². The summed E-state index contributed by atoms with van der Waals surface area (Å²) in [6.45, 7) is 6.33. The van der Waals surface area contributed by atoms with Gasteiger partial charge in [-0.05, 0) is 20.3 Å². The lowest BCUT2D eigenvalue weighted by Gasteiger charge is -2.25. The molecule has 1 rings (SSSR count). The van der Waals surface area contributed by atoms with E-state index in [2.05, 4.69) is 41.0 Å². The molecule has 0 bridgehead atoms. The van der Waals surface area contributed by atoms with Crippen molar-refractivity contribution >= 4 is 5.95 Å². The van der Waals surface area contributed by atoms with Crippen molar-refractivity contribution in [1.29, 1.82) is 0 Å². The summed E-state index contributed by atoms with van der Waals surface area (Å²) in [5.74, 6) is 0.465. The lowest BCUT2D eigenvalue weighted by atomic mass is 9.99. The zero-order valence-corrected chi connectivity index (χ0v) is 11.1. The van der Waals surface area contributed by atoms with Gasteiger partial charge in [0, 0.05) is 5.54 Å². The van der Waals surface area contributed by atoms with E-state index in [1.54, 1.807) is 0 Å². The Hall–Kier alpha value is -1.59. The third-order valence-electron chi connectivity index (χ3n) is 2.28. The first-order valence-electron chi connectivity index (χ1n) is 5.63. The molecule has 6 heteroatoms. The van der Waals surface area contributed by atoms with Crippen LogP contribution in [0.1, 0.15) is 33.6 Å². The number of hydrogen-bond acceptors (Lipinski definition) is 6. The van der Waals surface area contributed by atoms with E-state index < -0.39 is 0 Å². The number of nitrogens with one attached hydrogen (secondary N) is 1. The third-order valence-corrected chi connectivity index (χ3v) is 2.28. The molecule has 0 unspecified atom stereocenters. The van der Waals surface area contributed by atoms with Crippen LogP contribution >= 0.6 is 0 Å². The van der Waals surface area contributed by atoms with E-state index in [1.165, 1.54) is 14.2 Å². The Morgan fingerprint density at radius 1 is 1.06 bits per heavy atom. The van der Waals surface area contributed by atoms with Crippen LogP contribution in [0.3, 0.4) is 0 Å². The molecule has 6 nitrogen and oxygen atoms in total. The summed E-state index contributed by atoms with van der Waals surface area (Å²) in [6, 6.07) is 0.485. The molecule has 1 N–H and O–H groups in total. The van der Waals surface area contributed by atoms with Crippen molar-refractivity contribution in [1.82, 2.24) is 15.0 Å². The quantitative estimate of drug-likeness (QED) is 0.818. The molecule has 0 aliphatic heterocycles. The molecule has 0 aromatic carbocycles. The van der Waals surface area contributed by atoms with Crippen molar-refractivity contribution in [3.05, 3.63) is 0 Å². The van der Waals surface area contributed by atoms with Gasteiger partial charge in [0.05, 0.1) is 14.2 Å². The van der Waals surface area contributed by atoms with Crippen molar-refractivity contribution in [2.24, 2.45) is 0 Å². The molecule has 0 saturated carbocycles. The number of nitrogens with zero attached hydrogens (tertiary/aromatic N) is 3. The summed E-state index contributed by atoms with van der Waals surface area (Å²) in [4.78, 5) is 12.2. The van der Waals surface area contributed by atoms with Gasteiger partial charge in [0.2, 0.25) is 5.95 Å². The molecule has 1 aromatic rings. The van der Waals surface area contributed by atoms with Crippen LogP contribution in [0.15, 0.2) is 0 Å². The summed E-state index contributed by atoms with van der Waals surface area (Å²) < 4.78 is 9.98. The van der Waals surface area contributed by atoms with Crippen LogP contribution in [0.2, 0.25) is 0 Å². The number of aromatic nitrogens is 3. The summed E-state index contributed by atoms with van der Waals surface area (Å²) in [5, 5.41) is 3.25. The summed E-state index contributed by atoms with van der Waals surface area (Å²) in [5.41, 5.74) is -0.0773. The van der Waals surface area contributed by atoms with Gasteiger partial charge in [-0.15, -0.1) is 4.98 Å². The molecule has 0 atom stereocenters. The maximum absolute atomic E-state index is 4.99. The lowest BCUT2D eigenvalue weighted by Crippen LogP contribution is -2.31. The second-order valence-electron chi connectivity index (χ2n) is 4.39. The Labute approximate surface area is 102 Å². The van der Waals surface area contributed by atoms with E-state index in [9.17, 15) is 0 Å². The molecule has 1 aromatic heterocycles. The van der Waals surface area contributed by atoms with Crippen molar-refractivity contribution in [2.45, 2.75) is 39.2 Å². The zero-order valence-electron chi connectivity index (χ0n) is 11.1. The van der Waals surface area contributed by atoms with Crippen LogP contribution < -0.4 is 14.8 Å². The first-order chi connectivity index (χ1) is 8.00. The average molecular weight is 240 g/mol. The zero-order chi connectivity index (χ0) is 12.9. The lowest BCUT2D eigenvalue weighted by molar-refractivity contribution is 0.340. The van der Waals surface area contributed by atoms with Gasteiger partial charge in [-0.2, -0.15) is 9.97 Å². The highest BCUT2D eigenvalue weighted by Gasteiger charge is 2.18. The molecule has 1 heterocycles. The third kappa shape index (κ3) is 4.05. The standard InChI is InChI=1S/C11H20N4O2/c1-6-7-11(2,3)15-8-12-9(16-4)14-10(13-8)17-5/h6-7H2,1-5H3,(H,12,13,14,15). The second kappa shape index (κ2) is 5.65. The molecule has 0 radical (unpaired) electrons. The Kier molecular flexibility index (Phi) is 4.48. The molecule has 0 saturated heterocycles. The normalized spacial score (nSPS) is 11.1. The summed E-state index contributed by atoms with van der Waals surface area (Å²) in [6.07, 6.45) is 2.10. The molecule has 0 spiro atoms. The van der Waals surface area contributed by atoms with Crippen LogP contribution in [0.5, 0.6) is 12.0 Å². The first kappa shape index (κ1) is 13.5. The molecule has 0 fully saturated rings. The van der Waals surface area contributed by atoms with Crippen molar-refractivity contribution in [3.8, 4) is 12.0 Å². The molecule has 17 heavy (non-hydrogen) atoms. The maximum atomic E-state index is 4.99. The van der Waals surface area contributed by atoms with Gasteiger partial charge in [-0.1, -0.05) is 13.3 Å².